The number of aliphatic carboxylic acids is 1. The van der Waals surface area contributed by atoms with Crippen LogP contribution in [-0.2, 0) is 14.4 Å². The second kappa shape index (κ2) is 13.3. The average molecular weight is 338 g/mol. The van der Waals surface area contributed by atoms with Crippen molar-refractivity contribution in [1.82, 2.24) is 5.32 Å². The van der Waals surface area contributed by atoms with Gasteiger partial charge in [-0.15, -0.1) is 12.4 Å². The van der Waals surface area contributed by atoms with Crippen molar-refractivity contribution in [3.63, 3.8) is 0 Å². The molecule has 0 aromatic rings. The van der Waals surface area contributed by atoms with E-state index in [9.17, 15) is 9.90 Å². The Balaban J connectivity index is 0. The lowest BCUT2D eigenvalue weighted by Gasteiger charge is -2.42. The van der Waals surface area contributed by atoms with Gasteiger partial charge in [-0.25, -0.2) is 0 Å². The largest absolute Gasteiger partial charge is 0.481 e. The lowest BCUT2D eigenvalue weighted by molar-refractivity contribution is -0.156. The number of nitrogens with two attached hydrogens (primary N) is 2. The number of piperidine rings is 1. The third-order valence-electron chi connectivity index (χ3n) is 4.31. The summed E-state index contributed by atoms with van der Waals surface area (Å²) in [5, 5.41) is 12.8. The molecule has 2 rings (SSSR count). The minimum absolute atomic E-state index is 0. The van der Waals surface area contributed by atoms with Gasteiger partial charge in [0, 0.05) is 0 Å². The quantitative estimate of drug-likeness (QED) is 0.548. The number of amides is 2. The number of carboxylic acids is 1. The highest BCUT2D eigenvalue weighted by Crippen LogP contribution is 2.44. The van der Waals surface area contributed by atoms with Crippen molar-refractivity contribution in [2.24, 2.45) is 22.8 Å². The van der Waals surface area contributed by atoms with Gasteiger partial charge < -0.3 is 21.9 Å². The lowest BCUT2D eigenvalue weighted by atomic mass is 9.64. The first-order valence-electron chi connectivity index (χ1n) is 7.34. The normalized spacial score (nSPS) is 19.8. The third-order valence-corrected chi connectivity index (χ3v) is 4.31. The first-order valence-corrected chi connectivity index (χ1v) is 7.34. The summed E-state index contributed by atoms with van der Waals surface area (Å²) in [6.07, 6.45) is 8.17. The van der Waals surface area contributed by atoms with Crippen LogP contribution >= 0.6 is 12.4 Å². The van der Waals surface area contributed by atoms with Gasteiger partial charge in [0.1, 0.15) is 0 Å². The summed E-state index contributed by atoms with van der Waals surface area (Å²) in [7, 11) is 0. The van der Waals surface area contributed by atoms with Gasteiger partial charge >= 0.3 is 5.97 Å². The van der Waals surface area contributed by atoms with Crippen molar-refractivity contribution < 1.29 is 19.5 Å². The summed E-state index contributed by atoms with van der Waals surface area (Å²) in [6.45, 7) is 1.76. The molecule has 1 heterocycles. The molecule has 2 fully saturated rings. The molecule has 0 aromatic heterocycles. The molecule has 2 aliphatic rings. The standard InChI is InChI=1S/C12H21NO2.2CH3NO.ClH/c14-11(15)12(6-8-13-9-7-12)10-4-2-1-3-5-10;2*2-1-3;/h10,13H,1-9H2,(H,14,15);2*1H,(H2,2,3);1H. The molecule has 22 heavy (non-hydrogen) atoms. The van der Waals surface area contributed by atoms with E-state index in [1.165, 1.54) is 19.3 Å². The second-order valence-corrected chi connectivity index (χ2v) is 5.32. The minimum atomic E-state index is -0.545. The number of hydrogen-bond acceptors (Lipinski definition) is 4. The van der Waals surface area contributed by atoms with E-state index in [1.807, 2.05) is 0 Å². The van der Waals surface area contributed by atoms with E-state index < -0.39 is 11.4 Å². The topological polar surface area (TPSA) is 136 Å². The smallest absolute Gasteiger partial charge is 0.310 e. The molecule has 6 N–H and O–H groups in total. The maximum absolute atomic E-state index is 11.5. The number of halogens is 1. The van der Waals surface area contributed by atoms with E-state index in [0.29, 0.717) is 5.92 Å². The summed E-state index contributed by atoms with van der Waals surface area (Å²) in [5.41, 5.74) is 7.94. The van der Waals surface area contributed by atoms with E-state index in [2.05, 4.69) is 16.8 Å². The Labute approximate surface area is 137 Å². The molecule has 7 nitrogen and oxygen atoms in total. The Morgan fingerprint density at radius 1 is 1.05 bits per heavy atom. The Kier molecular flexibility index (Phi) is 13.9. The fourth-order valence-corrected chi connectivity index (χ4v) is 3.32. The number of nitrogens with one attached hydrogen (secondary N) is 1. The van der Waals surface area contributed by atoms with Crippen LogP contribution in [0.25, 0.3) is 0 Å². The molecule has 0 radical (unpaired) electrons. The van der Waals surface area contributed by atoms with Gasteiger partial charge in [-0.1, -0.05) is 19.3 Å². The van der Waals surface area contributed by atoms with Gasteiger partial charge in [-0.3, -0.25) is 14.4 Å². The molecule has 8 heteroatoms. The van der Waals surface area contributed by atoms with Crippen molar-refractivity contribution in [3.05, 3.63) is 0 Å². The molecule has 0 spiro atoms. The fraction of sp³-hybridized carbons (Fsp3) is 0.786. The molecule has 1 aliphatic carbocycles. The summed E-state index contributed by atoms with van der Waals surface area (Å²) in [5.74, 6) is -0.109. The number of carboxylic acid groups (broad SMARTS) is 1. The van der Waals surface area contributed by atoms with E-state index in [0.717, 1.165) is 38.8 Å². The molecule has 1 aliphatic heterocycles. The highest BCUT2D eigenvalue weighted by Gasteiger charge is 2.46. The van der Waals surface area contributed by atoms with E-state index in [-0.39, 0.29) is 25.2 Å². The van der Waals surface area contributed by atoms with Crippen LogP contribution < -0.4 is 16.8 Å². The molecule has 0 aromatic carbocycles. The highest BCUT2D eigenvalue weighted by molar-refractivity contribution is 5.85. The van der Waals surface area contributed by atoms with Gasteiger partial charge in [0.05, 0.1) is 5.41 Å². The zero-order valence-corrected chi connectivity index (χ0v) is 13.6. The Hall–Kier alpha value is -1.34. The van der Waals surface area contributed by atoms with Crippen molar-refractivity contribution in [1.29, 1.82) is 0 Å². The SMILES string of the molecule is Cl.NC=O.NC=O.O=C(O)C1(C2CCCCC2)CCNCC1. The summed E-state index contributed by atoms with van der Waals surface area (Å²) in [6, 6.07) is 0. The second-order valence-electron chi connectivity index (χ2n) is 5.32. The van der Waals surface area contributed by atoms with Crippen LogP contribution in [0.1, 0.15) is 44.9 Å². The maximum atomic E-state index is 11.5. The zero-order valence-electron chi connectivity index (χ0n) is 12.8. The fourth-order valence-electron chi connectivity index (χ4n) is 3.32. The Bertz CT molecular complexity index is 311. The predicted octanol–water partition coefficient (Wildman–Crippen LogP) is 0.646. The molecule has 0 unspecified atom stereocenters. The van der Waals surface area contributed by atoms with Crippen molar-refractivity contribution in [3.8, 4) is 0 Å². The number of hydrogen-bond donors (Lipinski definition) is 4. The number of primary amides is 2. The number of carbonyl (C=O) groups excluding carboxylic acids is 2. The van der Waals surface area contributed by atoms with E-state index >= 15 is 0 Å². The molecular formula is C14H28ClN3O4. The van der Waals surface area contributed by atoms with E-state index in [4.69, 9.17) is 9.59 Å². The molecule has 0 atom stereocenters. The van der Waals surface area contributed by atoms with Gasteiger partial charge in [0.25, 0.3) is 0 Å². The van der Waals surface area contributed by atoms with Gasteiger partial charge in [0.15, 0.2) is 0 Å². The van der Waals surface area contributed by atoms with Crippen LogP contribution in [0, 0.1) is 11.3 Å². The van der Waals surface area contributed by atoms with Crippen LogP contribution in [0.3, 0.4) is 0 Å². The Morgan fingerprint density at radius 2 is 1.45 bits per heavy atom. The number of carbonyl (C=O) groups is 3. The van der Waals surface area contributed by atoms with Gasteiger partial charge in [0.2, 0.25) is 12.8 Å². The van der Waals surface area contributed by atoms with Gasteiger partial charge in [-0.2, -0.15) is 0 Å². The molecule has 2 amide bonds. The van der Waals surface area contributed by atoms with Crippen LogP contribution in [0.2, 0.25) is 0 Å². The molecule has 1 saturated carbocycles. The molecule has 130 valence electrons. The summed E-state index contributed by atoms with van der Waals surface area (Å²) < 4.78 is 0. The first kappa shape index (κ1) is 22.9. The third kappa shape index (κ3) is 7.09. The molecule has 0 bridgehead atoms. The van der Waals surface area contributed by atoms with Crippen LogP contribution in [-0.4, -0.2) is 37.0 Å². The summed E-state index contributed by atoms with van der Waals surface area (Å²) in [4.78, 5) is 28.7. The van der Waals surface area contributed by atoms with Crippen molar-refractivity contribution in [2.45, 2.75) is 44.9 Å². The van der Waals surface area contributed by atoms with Crippen LogP contribution in [0.5, 0.6) is 0 Å². The van der Waals surface area contributed by atoms with E-state index in [1.54, 1.807) is 0 Å². The maximum Gasteiger partial charge on any atom is 0.310 e. The highest BCUT2D eigenvalue weighted by atomic mass is 35.5. The molecule has 1 saturated heterocycles. The zero-order chi connectivity index (χ0) is 16.1. The minimum Gasteiger partial charge on any atom is -0.481 e. The monoisotopic (exact) mass is 337 g/mol. The lowest BCUT2D eigenvalue weighted by Crippen LogP contribution is -2.47. The van der Waals surface area contributed by atoms with Crippen LogP contribution in [0.4, 0.5) is 0 Å². The van der Waals surface area contributed by atoms with Crippen molar-refractivity contribution in [2.75, 3.05) is 13.1 Å². The average Bonchev–Trinajstić information content (AvgIpc) is 2.50. The van der Waals surface area contributed by atoms with Crippen molar-refractivity contribution >= 4 is 31.2 Å². The summed E-state index contributed by atoms with van der Waals surface area (Å²) >= 11 is 0. The first-order chi connectivity index (χ1) is 10.1. The number of rotatable bonds is 2. The van der Waals surface area contributed by atoms with Crippen LogP contribution in [0.15, 0.2) is 0 Å². The Morgan fingerprint density at radius 3 is 1.82 bits per heavy atom. The van der Waals surface area contributed by atoms with Gasteiger partial charge in [-0.05, 0) is 44.7 Å². The molecular weight excluding hydrogens is 310 g/mol. The predicted molar refractivity (Wildman–Crippen MR) is 86.5 cm³/mol.